The molecule has 2 amide bonds. The number of aryl methyl sites for hydroxylation is 1. The van der Waals surface area contributed by atoms with E-state index in [1.54, 1.807) is 13.0 Å². The summed E-state index contributed by atoms with van der Waals surface area (Å²) in [5.41, 5.74) is 0.800. The number of aromatic nitrogens is 2. The molecule has 1 aliphatic rings. The van der Waals surface area contributed by atoms with Crippen LogP contribution in [0.15, 0.2) is 15.1 Å². The fourth-order valence-corrected chi connectivity index (χ4v) is 8.22. The predicted octanol–water partition coefficient (Wildman–Crippen LogP) is 4.94. The van der Waals surface area contributed by atoms with Crippen LogP contribution in [0.3, 0.4) is 0 Å². The van der Waals surface area contributed by atoms with Crippen LogP contribution < -0.4 is 19.8 Å². The summed E-state index contributed by atoms with van der Waals surface area (Å²) in [7, 11) is -0.927. The third-order valence-electron chi connectivity index (χ3n) is 7.87. The van der Waals surface area contributed by atoms with Crippen molar-refractivity contribution >= 4 is 53.8 Å². The molecule has 3 rings (SSSR count). The molecule has 11 nitrogen and oxygen atoms in total. The average molecular weight is 672 g/mol. The third-order valence-corrected chi connectivity index (χ3v) is 14.1. The summed E-state index contributed by atoms with van der Waals surface area (Å²) in [6.07, 6.45) is -1.17. The normalized spacial score (nSPS) is 19.5. The fraction of sp³-hybridized carbons (Fsp3) is 0.593. The number of halogens is 1. The second kappa shape index (κ2) is 13.2. The van der Waals surface area contributed by atoms with Crippen molar-refractivity contribution in [1.82, 2.24) is 20.8 Å². The number of hydrogen-bond donors (Lipinski definition) is 2. The highest BCUT2D eigenvalue weighted by Gasteiger charge is 2.45. The van der Waals surface area contributed by atoms with Crippen LogP contribution in [0.5, 0.6) is 11.5 Å². The molecule has 14 heteroatoms. The van der Waals surface area contributed by atoms with Gasteiger partial charge >= 0.3 is 5.97 Å². The Morgan fingerprint density at radius 2 is 1.90 bits per heavy atom. The van der Waals surface area contributed by atoms with Gasteiger partial charge in [0.25, 0.3) is 14.2 Å². The first-order valence-corrected chi connectivity index (χ1v) is 18.2. The van der Waals surface area contributed by atoms with E-state index in [0.29, 0.717) is 44.8 Å². The highest BCUT2D eigenvalue weighted by Crippen LogP contribution is 2.47. The number of esters is 1. The van der Waals surface area contributed by atoms with Gasteiger partial charge in [-0.05, 0) is 53.8 Å². The number of cyclic esters (lactones) is 1. The monoisotopic (exact) mass is 670 g/mol. The maximum Gasteiger partial charge on any atom is 0.340 e. The van der Waals surface area contributed by atoms with E-state index in [0.717, 1.165) is 0 Å². The number of nitrogens with zero attached hydrogens (tertiary/aromatic N) is 2. The molecule has 2 heterocycles. The minimum atomic E-state index is -2.44. The van der Waals surface area contributed by atoms with Gasteiger partial charge in [-0.1, -0.05) is 32.9 Å². The first-order chi connectivity index (χ1) is 19.1. The molecule has 1 aromatic carbocycles. The number of rotatable bonds is 6. The zero-order chi connectivity index (χ0) is 30.7. The van der Waals surface area contributed by atoms with Crippen LogP contribution in [0.2, 0.25) is 18.1 Å². The number of fused-ring (bicyclic) bond motifs is 1. The van der Waals surface area contributed by atoms with Crippen LogP contribution in [0.25, 0.3) is 0 Å². The minimum Gasteiger partial charge on any atom is -0.543 e. The van der Waals surface area contributed by atoms with E-state index < -0.39 is 38.2 Å². The summed E-state index contributed by atoms with van der Waals surface area (Å²) >= 11 is 4.99. The Morgan fingerprint density at radius 1 is 1.22 bits per heavy atom. The molecule has 0 saturated heterocycles. The molecule has 2 N–H and O–H groups in total. The number of amides is 2. The number of ether oxygens (including phenoxy) is 2. The SMILES string of the molecule is COc1cc(O[Si](C)(C)C(C)(C)C(C)C)c2c(c1Br)C(=O)O[C@H](C)C(=O)NCC(=O)N[C@H](c1nc(C)no1)CSC2. The van der Waals surface area contributed by atoms with Crippen molar-refractivity contribution in [2.45, 2.75) is 77.6 Å². The lowest BCUT2D eigenvalue weighted by atomic mass is 9.99. The van der Waals surface area contributed by atoms with Crippen molar-refractivity contribution in [3.63, 3.8) is 0 Å². The maximum absolute atomic E-state index is 13.6. The summed E-state index contributed by atoms with van der Waals surface area (Å²) in [5, 5.41) is 9.09. The van der Waals surface area contributed by atoms with E-state index >= 15 is 0 Å². The van der Waals surface area contributed by atoms with Crippen LogP contribution >= 0.6 is 27.7 Å². The molecule has 0 spiro atoms. The first kappa shape index (κ1) is 32.9. The number of carbonyl (C=O) groups is 3. The van der Waals surface area contributed by atoms with Crippen molar-refractivity contribution in [1.29, 1.82) is 0 Å². The van der Waals surface area contributed by atoms with Gasteiger partial charge in [-0.25, -0.2) is 4.79 Å². The number of nitrogens with one attached hydrogen (secondary N) is 2. The van der Waals surface area contributed by atoms with Crippen molar-refractivity contribution in [3.05, 3.63) is 33.4 Å². The van der Waals surface area contributed by atoms with Gasteiger partial charge in [-0.3, -0.25) is 9.59 Å². The molecule has 0 aliphatic carbocycles. The quantitative estimate of drug-likeness (QED) is 0.321. The van der Waals surface area contributed by atoms with Crippen LogP contribution in [0.4, 0.5) is 0 Å². The number of methoxy groups -OCH3 is 1. The summed E-state index contributed by atoms with van der Waals surface area (Å²) < 4.78 is 23.8. The standard InChI is InChI=1S/C27H39BrN4O7SSi/c1-14(2)27(5,6)41(8,9)39-19-10-20(36-7)23(28)22-17(19)12-40-13-18(25-30-16(4)32-38-25)31-21(33)11-29-24(34)15(3)37-26(22)35/h10,14-15,18H,11-13H2,1-9H3,(H,29,34)(H,31,33)/t15-,18+/m1/s1. The molecular weight excluding hydrogens is 632 g/mol. The largest absolute Gasteiger partial charge is 0.543 e. The molecule has 0 bridgehead atoms. The molecule has 0 radical (unpaired) electrons. The third kappa shape index (κ3) is 7.44. The Kier molecular flexibility index (Phi) is 10.6. The Morgan fingerprint density at radius 3 is 2.49 bits per heavy atom. The van der Waals surface area contributed by atoms with Gasteiger partial charge in [0, 0.05) is 23.1 Å². The Bertz CT molecular complexity index is 1300. The van der Waals surface area contributed by atoms with E-state index in [1.807, 2.05) is 0 Å². The Labute approximate surface area is 254 Å². The van der Waals surface area contributed by atoms with Crippen molar-refractivity contribution in [2.75, 3.05) is 19.4 Å². The number of hydrogen-bond acceptors (Lipinski definition) is 10. The van der Waals surface area contributed by atoms with Gasteiger partial charge in [0.1, 0.15) is 17.5 Å². The van der Waals surface area contributed by atoms with E-state index in [2.05, 4.69) is 77.5 Å². The molecule has 0 saturated carbocycles. The number of benzene rings is 1. The first-order valence-electron chi connectivity index (χ1n) is 13.3. The molecular formula is C27H39BrN4O7SSi. The second-order valence-electron chi connectivity index (χ2n) is 11.3. The smallest absolute Gasteiger partial charge is 0.340 e. The molecule has 2 atom stereocenters. The second-order valence-corrected chi connectivity index (χ2v) is 17.7. The van der Waals surface area contributed by atoms with Gasteiger partial charge in [-0.15, -0.1) is 0 Å². The fourth-order valence-electron chi connectivity index (χ4n) is 4.08. The molecule has 1 aliphatic heterocycles. The Hall–Kier alpha value is -2.58. The van der Waals surface area contributed by atoms with Gasteiger partial charge in [0.2, 0.25) is 11.8 Å². The van der Waals surface area contributed by atoms with E-state index in [1.165, 1.54) is 25.8 Å². The molecule has 1 aromatic heterocycles. The zero-order valence-corrected chi connectivity index (χ0v) is 28.4. The molecule has 2 aromatic rings. The zero-order valence-electron chi connectivity index (χ0n) is 25.0. The summed E-state index contributed by atoms with van der Waals surface area (Å²) in [5.74, 6) is 0.803. The number of thioether (sulfide) groups is 1. The lowest BCUT2D eigenvalue weighted by molar-refractivity contribution is -0.131. The summed E-state index contributed by atoms with van der Waals surface area (Å²) in [6, 6.07) is 1.15. The average Bonchev–Trinajstić information content (AvgIpc) is 3.32. The van der Waals surface area contributed by atoms with Crippen molar-refractivity contribution in [2.24, 2.45) is 5.92 Å². The van der Waals surface area contributed by atoms with Gasteiger partial charge in [0.15, 0.2) is 11.9 Å². The maximum atomic E-state index is 13.6. The van der Waals surface area contributed by atoms with Crippen LogP contribution in [0, 0.1) is 12.8 Å². The van der Waals surface area contributed by atoms with Crippen LogP contribution in [-0.4, -0.2) is 61.8 Å². The number of carbonyl (C=O) groups excluding carboxylic acids is 3. The predicted molar refractivity (Wildman–Crippen MR) is 162 cm³/mol. The molecule has 226 valence electrons. The molecule has 0 fully saturated rings. The lowest BCUT2D eigenvalue weighted by Crippen LogP contribution is -2.48. The van der Waals surface area contributed by atoms with Crippen LogP contribution in [0.1, 0.15) is 68.3 Å². The Balaban J connectivity index is 2.14. The van der Waals surface area contributed by atoms with Crippen LogP contribution in [-0.2, 0) is 20.1 Å². The van der Waals surface area contributed by atoms with Crippen molar-refractivity contribution in [3.8, 4) is 11.5 Å². The highest BCUT2D eigenvalue weighted by molar-refractivity contribution is 9.10. The minimum absolute atomic E-state index is 0.118. The summed E-state index contributed by atoms with van der Waals surface area (Å²) in [6.45, 7) is 15.9. The highest BCUT2D eigenvalue weighted by atomic mass is 79.9. The summed E-state index contributed by atoms with van der Waals surface area (Å²) in [4.78, 5) is 43.3. The van der Waals surface area contributed by atoms with E-state index in [-0.39, 0.29) is 23.0 Å². The molecule has 0 unspecified atom stereocenters. The van der Waals surface area contributed by atoms with E-state index in [4.69, 9.17) is 18.4 Å². The van der Waals surface area contributed by atoms with Gasteiger partial charge in [0.05, 0.1) is 23.7 Å². The molecule has 41 heavy (non-hydrogen) atoms. The topological polar surface area (TPSA) is 142 Å². The van der Waals surface area contributed by atoms with Gasteiger partial charge < -0.3 is 29.1 Å². The van der Waals surface area contributed by atoms with Crippen molar-refractivity contribution < 1.29 is 32.8 Å². The van der Waals surface area contributed by atoms with Gasteiger partial charge in [-0.2, -0.15) is 16.7 Å². The van der Waals surface area contributed by atoms with E-state index in [9.17, 15) is 14.4 Å². The lowest BCUT2D eigenvalue weighted by Gasteiger charge is -2.43.